The fourth-order valence-corrected chi connectivity index (χ4v) is 8.12. The first-order chi connectivity index (χ1) is 37.1. The van der Waals surface area contributed by atoms with Crippen LogP contribution in [-0.4, -0.2) is 174 Å². The van der Waals surface area contributed by atoms with E-state index in [0.29, 0.717) is 5.56 Å². The number of halogens is 1. The number of aliphatic hydroxyl groups excluding tert-OH is 3. The smallest absolute Gasteiger partial charge is 0.287 e. The highest BCUT2D eigenvalue weighted by atomic mass is 19.1. The van der Waals surface area contributed by atoms with Crippen LogP contribution in [0.4, 0.5) is 4.39 Å². The van der Waals surface area contributed by atoms with Crippen LogP contribution >= 0.6 is 0 Å². The molecule has 1 unspecified atom stereocenters. The summed E-state index contributed by atoms with van der Waals surface area (Å²) in [6.07, 6.45) is -2.56. The molecule has 1 aliphatic rings. The van der Waals surface area contributed by atoms with Crippen molar-refractivity contribution >= 4 is 53.2 Å². The Morgan fingerprint density at radius 3 is 1.85 bits per heavy atom. The molecule has 9 amide bonds. The molecule has 0 saturated carbocycles. The molecule has 2 heterocycles. The minimum absolute atomic E-state index is 0.0297. The van der Waals surface area contributed by atoms with E-state index in [1.165, 1.54) is 32.1 Å². The second-order valence-corrected chi connectivity index (χ2v) is 19.3. The van der Waals surface area contributed by atoms with Gasteiger partial charge in [-0.1, -0.05) is 50.3 Å². The maximum absolute atomic E-state index is 14.4. The zero-order valence-electron chi connectivity index (χ0n) is 44.7. The lowest BCUT2D eigenvalue weighted by molar-refractivity contribution is -0.136. The van der Waals surface area contributed by atoms with Gasteiger partial charge in [0.25, 0.3) is 5.91 Å². The van der Waals surface area contributed by atoms with E-state index in [1.54, 1.807) is 51.1 Å². The van der Waals surface area contributed by atoms with Gasteiger partial charge in [0.2, 0.25) is 47.3 Å². The Balaban J connectivity index is 2.04. The van der Waals surface area contributed by atoms with Crippen molar-refractivity contribution in [2.45, 2.75) is 146 Å². The Hall–Kier alpha value is -6.88. The largest absolute Gasteiger partial charge is 0.452 e. The summed E-state index contributed by atoms with van der Waals surface area (Å²) in [4.78, 5) is 125. The number of carbonyl (C=O) groups excluding carboxylic acids is 9. The fraction of sp³-hybridized carbons (Fsp3) is 0.588. The van der Waals surface area contributed by atoms with Crippen LogP contribution in [0.1, 0.15) is 94.8 Å². The van der Waals surface area contributed by atoms with E-state index in [4.69, 9.17) is 21.6 Å². The van der Waals surface area contributed by atoms with Gasteiger partial charge in [-0.05, 0) is 102 Å². The third-order valence-corrected chi connectivity index (χ3v) is 12.4. The number of hydrogen-bond donors (Lipinski definition) is 16. The normalized spacial score (nSPS) is 23.7. The highest BCUT2D eigenvalue weighted by Gasteiger charge is 2.36. The first-order valence-corrected chi connectivity index (χ1v) is 26.0. The summed E-state index contributed by atoms with van der Waals surface area (Å²) in [5, 5.41) is 57.6. The van der Waals surface area contributed by atoms with Crippen molar-refractivity contribution in [3.8, 4) is 0 Å². The molecule has 0 radical (unpaired) electrons. The topological polar surface area (TPSA) is 426 Å². The van der Waals surface area contributed by atoms with E-state index in [2.05, 4.69) is 53.2 Å². The minimum atomic E-state index is -1.74. The van der Waals surface area contributed by atoms with Crippen LogP contribution in [0.25, 0.3) is 0 Å². The number of nitrogens with two attached hydrogens (primary N) is 3. The number of benzene rings is 1. The van der Waals surface area contributed by atoms with E-state index < -0.39 is 138 Å². The van der Waals surface area contributed by atoms with Crippen molar-refractivity contribution < 1.29 is 67.3 Å². The van der Waals surface area contributed by atoms with E-state index in [1.807, 2.05) is 0 Å². The SMILES string of the molecule is C/C=C/C(F)c1ccc(C(=O)N[C@H](C(=O)N[C@H](CO)C(=O)N[C@H]2CCNC(=O)[C@H]([C@@H](C)O)NC(=O)[C@H](CCN)NC(=O)[C@H](CCN)NC(=O)[C@H](CC(C)C)NC(=O)[C@@H](Cc3ccccc3)NC(=O)[C@H](CCN)NC2)[C@@H](C)O)o1. The molecule has 0 aliphatic carbocycles. The van der Waals surface area contributed by atoms with Gasteiger partial charge in [0.15, 0.2) is 11.9 Å². The van der Waals surface area contributed by atoms with E-state index in [0.717, 1.165) is 6.07 Å². The number of nitrogens with one attached hydrogen (secondary N) is 10. The summed E-state index contributed by atoms with van der Waals surface area (Å²) in [5.74, 6) is -8.85. The summed E-state index contributed by atoms with van der Waals surface area (Å²) in [6, 6.07) is -1.53. The summed E-state index contributed by atoms with van der Waals surface area (Å²) >= 11 is 0. The van der Waals surface area contributed by atoms with Gasteiger partial charge in [-0.25, -0.2) is 4.39 Å². The van der Waals surface area contributed by atoms with Crippen molar-refractivity contribution in [2.75, 3.05) is 39.3 Å². The fourth-order valence-electron chi connectivity index (χ4n) is 8.12. The van der Waals surface area contributed by atoms with Crippen molar-refractivity contribution in [1.82, 2.24) is 53.2 Å². The highest BCUT2D eigenvalue weighted by molar-refractivity contribution is 5.98. The quantitative estimate of drug-likeness (QED) is 0.0529. The Kier molecular flexibility index (Phi) is 28.0. The number of rotatable bonds is 21. The van der Waals surface area contributed by atoms with Crippen LogP contribution in [0.2, 0.25) is 0 Å². The molecular formula is C51H80FN13O13. The molecule has 1 fully saturated rings. The molecule has 19 N–H and O–H groups in total. The molecule has 1 aliphatic heterocycles. The molecule has 1 aromatic carbocycles. The van der Waals surface area contributed by atoms with Crippen LogP contribution in [0.3, 0.4) is 0 Å². The van der Waals surface area contributed by atoms with Crippen LogP contribution in [-0.2, 0) is 44.8 Å². The van der Waals surface area contributed by atoms with Crippen LogP contribution in [0.15, 0.2) is 59.0 Å². The lowest BCUT2D eigenvalue weighted by atomic mass is 10.00. The Bertz CT molecular complexity index is 2320. The number of aliphatic hydroxyl groups is 3. The molecule has 1 saturated heterocycles. The van der Waals surface area contributed by atoms with Crippen molar-refractivity contribution in [1.29, 1.82) is 0 Å². The molecule has 12 atom stereocenters. The van der Waals surface area contributed by atoms with Gasteiger partial charge in [0.05, 0.1) is 24.9 Å². The number of carbonyl (C=O) groups is 9. The molecule has 2 aromatic rings. The molecule has 0 spiro atoms. The summed E-state index contributed by atoms with van der Waals surface area (Å²) < 4.78 is 19.7. The number of furan rings is 1. The summed E-state index contributed by atoms with van der Waals surface area (Å²) in [7, 11) is 0. The number of amides is 9. The van der Waals surface area contributed by atoms with Gasteiger partial charge in [-0.2, -0.15) is 0 Å². The van der Waals surface area contributed by atoms with Crippen LogP contribution in [0.5, 0.6) is 0 Å². The molecule has 27 heteroatoms. The van der Waals surface area contributed by atoms with Gasteiger partial charge in [0.1, 0.15) is 48.1 Å². The average Bonchev–Trinajstić information content (AvgIpc) is 3.90. The average molecular weight is 1100 g/mol. The first-order valence-electron chi connectivity index (χ1n) is 26.0. The Morgan fingerprint density at radius 2 is 1.28 bits per heavy atom. The molecule has 434 valence electrons. The van der Waals surface area contributed by atoms with Crippen molar-refractivity contribution in [2.24, 2.45) is 23.1 Å². The van der Waals surface area contributed by atoms with Crippen molar-refractivity contribution in [3.05, 3.63) is 71.7 Å². The lowest BCUT2D eigenvalue weighted by Crippen LogP contribution is -2.61. The standard InChI is InChI=1S/C51H80FN13O13/c1-6-10-32(52)39-13-14-40(78-39)49(75)65-42(29(5)68)51(77)63-38(26-66)48(74)58-31-18-22-56-50(76)41(28(4)67)64-45(71)35(17-21-55)59-44(70)34(16-20-54)60-46(72)36(23-27(2)3)61-47(73)37(24-30-11-8-7-9-12-30)62-43(69)33(15-19-53)57-25-31/h6-14,27-29,31-38,41-42,57,66-68H,15-26,53-55H2,1-5H3,(H,56,76)(H,58,74)(H,59,70)(H,60,72)(H,61,73)(H,62,69)(H,63,77)(H,64,71)(H,65,75)/b10-6+/t28-,29-,31+,32?,33+,34+,35+,36+,37-,38-,41+,42+/m1/s1. The van der Waals surface area contributed by atoms with Gasteiger partial charge < -0.3 is 90.1 Å². The monoisotopic (exact) mass is 1100 g/mol. The molecular weight excluding hydrogens is 1020 g/mol. The second kappa shape index (κ2) is 33.4. The molecule has 78 heavy (non-hydrogen) atoms. The summed E-state index contributed by atoms with van der Waals surface area (Å²) in [6.45, 7) is 5.73. The van der Waals surface area contributed by atoms with Crippen LogP contribution < -0.4 is 70.4 Å². The molecule has 26 nitrogen and oxygen atoms in total. The zero-order chi connectivity index (χ0) is 58.1. The molecule has 0 bridgehead atoms. The van der Waals surface area contributed by atoms with E-state index in [9.17, 15) is 62.9 Å². The van der Waals surface area contributed by atoms with Crippen LogP contribution in [0, 0.1) is 5.92 Å². The maximum Gasteiger partial charge on any atom is 0.287 e. The predicted octanol–water partition coefficient (Wildman–Crippen LogP) is -4.07. The summed E-state index contributed by atoms with van der Waals surface area (Å²) in [5.41, 5.74) is 18.3. The van der Waals surface area contributed by atoms with Gasteiger partial charge in [-0.3, -0.25) is 43.2 Å². The van der Waals surface area contributed by atoms with Crippen molar-refractivity contribution in [3.63, 3.8) is 0 Å². The first kappa shape index (κ1) is 65.4. The van der Waals surface area contributed by atoms with Gasteiger partial charge in [-0.15, -0.1) is 0 Å². The minimum Gasteiger partial charge on any atom is -0.452 e. The third kappa shape index (κ3) is 21.2. The number of allylic oxidation sites excluding steroid dienone is 2. The third-order valence-electron chi connectivity index (χ3n) is 12.4. The van der Waals surface area contributed by atoms with Gasteiger partial charge in [0, 0.05) is 25.6 Å². The number of hydrogen-bond acceptors (Lipinski definition) is 17. The lowest BCUT2D eigenvalue weighted by Gasteiger charge is -2.28. The van der Waals surface area contributed by atoms with Gasteiger partial charge >= 0.3 is 0 Å². The molecule has 3 rings (SSSR count). The Morgan fingerprint density at radius 1 is 0.731 bits per heavy atom. The van der Waals surface area contributed by atoms with E-state index in [-0.39, 0.29) is 82.9 Å². The van der Waals surface area contributed by atoms with E-state index >= 15 is 0 Å². The predicted molar refractivity (Wildman–Crippen MR) is 283 cm³/mol. The highest BCUT2D eigenvalue weighted by Crippen LogP contribution is 2.22. The Labute approximate surface area is 452 Å². The molecule has 1 aromatic heterocycles. The number of alkyl halides is 1. The second-order valence-electron chi connectivity index (χ2n) is 19.3. The zero-order valence-corrected chi connectivity index (χ0v) is 44.7. The maximum atomic E-state index is 14.4.